The van der Waals surface area contributed by atoms with Crippen LogP contribution in [0, 0.1) is 5.92 Å². The fourth-order valence-electron chi connectivity index (χ4n) is 2.42. The normalized spacial score (nSPS) is 29.9. The van der Waals surface area contributed by atoms with Gasteiger partial charge in [-0.3, -0.25) is 4.79 Å². The molecule has 1 amide bonds. The van der Waals surface area contributed by atoms with E-state index in [9.17, 15) is 13.2 Å². The van der Waals surface area contributed by atoms with Crippen LogP contribution in [0.1, 0.15) is 19.3 Å². The van der Waals surface area contributed by atoms with E-state index in [0.29, 0.717) is 25.0 Å². The molecule has 0 aromatic carbocycles. The third-order valence-electron chi connectivity index (χ3n) is 3.70. The fourth-order valence-corrected chi connectivity index (χ4v) is 4.86. The topological polar surface area (TPSA) is 72.5 Å². The summed E-state index contributed by atoms with van der Waals surface area (Å²) in [6.07, 6.45) is 1.98. The van der Waals surface area contributed by atoms with Crippen LogP contribution in [0.3, 0.4) is 0 Å². The average molecular weight is 340 g/mol. The molecule has 2 heterocycles. The lowest BCUT2D eigenvalue weighted by molar-refractivity contribution is -0.127. The van der Waals surface area contributed by atoms with Crippen molar-refractivity contribution in [3.05, 3.63) is 0 Å². The van der Waals surface area contributed by atoms with Gasteiger partial charge in [-0.1, -0.05) is 15.9 Å². The van der Waals surface area contributed by atoms with Gasteiger partial charge >= 0.3 is 0 Å². The van der Waals surface area contributed by atoms with Gasteiger partial charge in [0.05, 0.1) is 23.0 Å². The van der Waals surface area contributed by atoms with E-state index >= 15 is 0 Å². The molecular weight excluding hydrogens is 322 g/mol. The second-order valence-corrected chi connectivity index (χ2v) is 7.90. The summed E-state index contributed by atoms with van der Waals surface area (Å²) in [4.78, 5) is 12.1. The highest BCUT2D eigenvalue weighted by Gasteiger charge is 2.38. The third-order valence-corrected chi connectivity index (χ3v) is 6.54. The molecule has 1 atom stereocenters. The maximum atomic E-state index is 12.1. The van der Waals surface area contributed by atoms with Gasteiger partial charge in [-0.25, -0.2) is 8.42 Å². The van der Waals surface area contributed by atoms with Crippen LogP contribution in [0.25, 0.3) is 0 Å². The molecule has 2 aliphatic rings. The minimum Gasteiger partial charge on any atom is -0.381 e. The number of rotatable bonds is 3. The maximum absolute atomic E-state index is 12.1. The summed E-state index contributed by atoms with van der Waals surface area (Å²) in [5, 5.41) is 3.71. The van der Waals surface area contributed by atoms with Gasteiger partial charge in [0.25, 0.3) is 0 Å². The Balaban J connectivity index is 1.98. The predicted octanol–water partition coefficient (Wildman–Crippen LogP) is 0.481. The van der Waals surface area contributed by atoms with Crippen molar-refractivity contribution in [2.75, 3.05) is 30.0 Å². The summed E-state index contributed by atoms with van der Waals surface area (Å²) in [5.74, 6) is -0.380. The lowest BCUT2D eigenvalue weighted by atomic mass is 9.91. The monoisotopic (exact) mass is 339 g/mol. The van der Waals surface area contributed by atoms with Crippen LogP contribution in [0.4, 0.5) is 0 Å². The van der Waals surface area contributed by atoms with Crippen molar-refractivity contribution >= 4 is 31.7 Å². The molecule has 0 saturated carbocycles. The molecular formula is C11H18BrNO4S. The Hall–Kier alpha value is -0.140. The molecule has 2 rings (SSSR count). The highest BCUT2D eigenvalue weighted by Crippen LogP contribution is 2.25. The smallest absolute Gasteiger partial charge is 0.224 e. The minimum absolute atomic E-state index is 0.00625. The van der Waals surface area contributed by atoms with Crippen molar-refractivity contribution < 1.29 is 17.9 Å². The third kappa shape index (κ3) is 3.24. The van der Waals surface area contributed by atoms with Crippen LogP contribution in [0.2, 0.25) is 0 Å². The number of halogens is 1. The molecule has 1 N–H and O–H groups in total. The van der Waals surface area contributed by atoms with Crippen LogP contribution in [-0.2, 0) is 19.4 Å². The van der Waals surface area contributed by atoms with E-state index < -0.39 is 9.84 Å². The van der Waals surface area contributed by atoms with Crippen molar-refractivity contribution in [2.24, 2.45) is 5.92 Å². The minimum atomic E-state index is -3.01. The Labute approximate surface area is 116 Å². The van der Waals surface area contributed by atoms with E-state index in [1.807, 2.05) is 0 Å². The summed E-state index contributed by atoms with van der Waals surface area (Å²) >= 11 is 3.44. The van der Waals surface area contributed by atoms with Crippen LogP contribution in [-0.4, -0.2) is 49.9 Å². The molecule has 0 aromatic heterocycles. The van der Waals surface area contributed by atoms with Gasteiger partial charge in [0.2, 0.25) is 5.91 Å². The summed E-state index contributed by atoms with van der Waals surface area (Å²) in [6, 6.07) is 0. The van der Waals surface area contributed by atoms with Crippen LogP contribution < -0.4 is 5.32 Å². The molecule has 1 unspecified atom stereocenters. The van der Waals surface area contributed by atoms with Gasteiger partial charge in [-0.2, -0.15) is 0 Å². The highest BCUT2D eigenvalue weighted by molar-refractivity contribution is 9.09. The van der Waals surface area contributed by atoms with Gasteiger partial charge in [-0.05, 0) is 19.3 Å². The van der Waals surface area contributed by atoms with E-state index in [4.69, 9.17) is 4.74 Å². The first-order chi connectivity index (χ1) is 8.46. The molecule has 2 aliphatic heterocycles. The number of alkyl halides is 1. The highest BCUT2D eigenvalue weighted by atomic mass is 79.9. The number of carbonyl (C=O) groups is 1. The van der Waals surface area contributed by atoms with Gasteiger partial charge in [0.15, 0.2) is 9.84 Å². The lowest BCUT2D eigenvalue weighted by Crippen LogP contribution is -2.55. The summed E-state index contributed by atoms with van der Waals surface area (Å²) in [6.45, 7) is 1.27. The van der Waals surface area contributed by atoms with Gasteiger partial charge < -0.3 is 10.1 Å². The first-order valence-corrected chi connectivity index (χ1v) is 9.07. The van der Waals surface area contributed by atoms with Crippen molar-refractivity contribution in [1.29, 1.82) is 0 Å². The zero-order chi connectivity index (χ0) is 13.2. The molecule has 0 spiro atoms. The molecule has 18 heavy (non-hydrogen) atoms. The van der Waals surface area contributed by atoms with E-state index in [1.54, 1.807) is 0 Å². The number of hydrogen-bond acceptors (Lipinski definition) is 4. The molecule has 2 fully saturated rings. The van der Waals surface area contributed by atoms with E-state index in [2.05, 4.69) is 21.2 Å². The number of carbonyl (C=O) groups excluding carboxylic acids is 1. The second-order valence-electron chi connectivity index (χ2n) is 5.12. The standard InChI is InChI=1S/C11H18BrNO4S/c12-8-11(2-4-17-5-3-11)13-10(14)9-1-6-18(15,16)7-9/h9H,1-8H2,(H,13,14). The first-order valence-electron chi connectivity index (χ1n) is 6.13. The van der Waals surface area contributed by atoms with Crippen molar-refractivity contribution in [3.63, 3.8) is 0 Å². The molecule has 0 radical (unpaired) electrons. The number of hydrogen-bond donors (Lipinski definition) is 1. The van der Waals surface area contributed by atoms with Crippen molar-refractivity contribution in [3.8, 4) is 0 Å². The Bertz CT molecular complexity index is 417. The van der Waals surface area contributed by atoms with Crippen LogP contribution in [0.5, 0.6) is 0 Å². The number of nitrogens with one attached hydrogen (secondary N) is 1. The van der Waals surface area contributed by atoms with Gasteiger partial charge in [0.1, 0.15) is 0 Å². The quantitative estimate of drug-likeness (QED) is 0.759. The van der Waals surface area contributed by atoms with Crippen molar-refractivity contribution in [2.45, 2.75) is 24.8 Å². The largest absolute Gasteiger partial charge is 0.381 e. The number of amides is 1. The molecule has 0 aromatic rings. The van der Waals surface area contributed by atoms with E-state index in [-0.39, 0.29) is 28.9 Å². The van der Waals surface area contributed by atoms with E-state index in [1.165, 1.54) is 0 Å². The SMILES string of the molecule is O=C(NC1(CBr)CCOCC1)C1CCS(=O)(=O)C1. The van der Waals surface area contributed by atoms with Crippen LogP contribution >= 0.6 is 15.9 Å². The van der Waals surface area contributed by atoms with Gasteiger partial charge in [0, 0.05) is 18.5 Å². The Kier molecular flexibility index (Phi) is 4.33. The van der Waals surface area contributed by atoms with Crippen molar-refractivity contribution in [1.82, 2.24) is 5.32 Å². The molecule has 5 nitrogen and oxygen atoms in total. The first kappa shape index (κ1) is 14.3. The number of sulfone groups is 1. The molecule has 104 valence electrons. The predicted molar refractivity (Wildman–Crippen MR) is 71.5 cm³/mol. The zero-order valence-electron chi connectivity index (χ0n) is 10.2. The van der Waals surface area contributed by atoms with Crippen LogP contribution in [0.15, 0.2) is 0 Å². The number of ether oxygens (including phenoxy) is 1. The fraction of sp³-hybridized carbons (Fsp3) is 0.909. The lowest BCUT2D eigenvalue weighted by Gasteiger charge is -2.37. The molecule has 0 aliphatic carbocycles. The maximum Gasteiger partial charge on any atom is 0.224 e. The Morgan fingerprint density at radius 1 is 1.39 bits per heavy atom. The zero-order valence-corrected chi connectivity index (χ0v) is 12.6. The summed E-state index contributed by atoms with van der Waals surface area (Å²) in [5.41, 5.74) is -0.276. The second kappa shape index (κ2) is 5.46. The molecule has 7 heteroatoms. The average Bonchev–Trinajstić information content (AvgIpc) is 2.71. The molecule has 2 saturated heterocycles. The van der Waals surface area contributed by atoms with Gasteiger partial charge in [-0.15, -0.1) is 0 Å². The summed E-state index contributed by atoms with van der Waals surface area (Å²) < 4.78 is 28.1. The summed E-state index contributed by atoms with van der Waals surface area (Å²) in [7, 11) is -3.01. The molecule has 0 bridgehead atoms. The Morgan fingerprint density at radius 2 is 2.06 bits per heavy atom. The van der Waals surface area contributed by atoms with E-state index in [0.717, 1.165) is 12.8 Å². The Morgan fingerprint density at radius 3 is 2.56 bits per heavy atom.